The van der Waals surface area contributed by atoms with Crippen LogP contribution in [0.4, 0.5) is 10.2 Å². The molecule has 1 aliphatic carbocycles. The van der Waals surface area contributed by atoms with Crippen molar-refractivity contribution in [2.75, 3.05) is 11.9 Å². The second-order valence-electron chi connectivity index (χ2n) is 6.03. The van der Waals surface area contributed by atoms with E-state index in [0.29, 0.717) is 25.2 Å². The van der Waals surface area contributed by atoms with Crippen LogP contribution in [0.5, 0.6) is 0 Å². The Morgan fingerprint density at radius 3 is 2.87 bits per heavy atom. The fourth-order valence-electron chi connectivity index (χ4n) is 3.21. The molecular weight excluding hydrogens is 301 g/mol. The van der Waals surface area contributed by atoms with Gasteiger partial charge in [0.05, 0.1) is 6.10 Å². The number of anilines is 1. The summed E-state index contributed by atoms with van der Waals surface area (Å²) >= 11 is 0. The second-order valence-corrected chi connectivity index (χ2v) is 6.03. The van der Waals surface area contributed by atoms with Crippen molar-refractivity contribution >= 4 is 5.82 Å². The third-order valence-electron chi connectivity index (χ3n) is 4.47. The average Bonchev–Trinajstić information content (AvgIpc) is 3.01. The molecule has 0 aromatic carbocycles. The van der Waals surface area contributed by atoms with Gasteiger partial charge in [-0.25, -0.2) is 18.9 Å². The highest BCUT2D eigenvalue weighted by Gasteiger charge is 2.36. The zero-order valence-electron chi connectivity index (χ0n) is 13.1. The summed E-state index contributed by atoms with van der Waals surface area (Å²) in [6.45, 7) is 0.423. The van der Waals surface area contributed by atoms with Crippen molar-refractivity contribution < 1.29 is 9.50 Å². The Hall–Kier alpha value is -2.22. The Balaban J connectivity index is 1.68. The molecule has 0 spiro atoms. The number of nitrogens with zero attached hydrogens (tertiary/aromatic N) is 4. The molecule has 124 valence electrons. The number of aromatic nitrogens is 4. The summed E-state index contributed by atoms with van der Waals surface area (Å²) in [5, 5.41) is 17.5. The first-order valence-corrected chi connectivity index (χ1v) is 7.59. The molecular formula is C15H20FN5O2. The quantitative estimate of drug-likeness (QED) is 0.862. The van der Waals surface area contributed by atoms with Gasteiger partial charge >= 0.3 is 5.69 Å². The van der Waals surface area contributed by atoms with E-state index in [0.717, 1.165) is 0 Å². The molecule has 1 aliphatic rings. The SMILES string of the molecule is Cn1nc([C@H]2C[C@H](CNc3ncccc3F)[C@H](O)C2)n(C)c1=O. The molecule has 0 saturated heterocycles. The van der Waals surface area contributed by atoms with Crippen molar-refractivity contribution in [1.82, 2.24) is 19.3 Å². The maximum absolute atomic E-state index is 13.6. The highest BCUT2D eigenvalue weighted by molar-refractivity contribution is 5.35. The Bertz CT molecular complexity index is 757. The van der Waals surface area contributed by atoms with Crippen LogP contribution < -0.4 is 11.0 Å². The molecule has 1 saturated carbocycles. The standard InChI is InChI=1S/C15H20FN5O2/c1-20-14(19-21(2)15(20)23)9-6-10(12(22)7-9)8-18-13-11(16)4-3-5-17-13/h3-5,9-10,12,22H,6-8H2,1-2H3,(H,17,18)/t9-,10+,12+/m0/s1. The average molecular weight is 321 g/mol. The van der Waals surface area contributed by atoms with Gasteiger partial charge in [0.15, 0.2) is 11.6 Å². The Kier molecular flexibility index (Phi) is 4.16. The molecule has 2 aromatic heterocycles. The number of aliphatic hydroxyl groups is 1. The largest absolute Gasteiger partial charge is 0.393 e. The van der Waals surface area contributed by atoms with Crippen molar-refractivity contribution in [3.8, 4) is 0 Å². The number of aliphatic hydroxyl groups excluding tert-OH is 1. The summed E-state index contributed by atoms with van der Waals surface area (Å²) in [5.74, 6) is 0.433. The molecule has 2 heterocycles. The van der Waals surface area contributed by atoms with Gasteiger partial charge in [0.1, 0.15) is 5.82 Å². The number of hydrogen-bond acceptors (Lipinski definition) is 5. The van der Waals surface area contributed by atoms with Gasteiger partial charge in [-0.1, -0.05) is 0 Å². The van der Waals surface area contributed by atoms with Gasteiger partial charge in [0, 0.05) is 38.7 Å². The zero-order chi connectivity index (χ0) is 16.6. The van der Waals surface area contributed by atoms with E-state index in [1.165, 1.54) is 27.6 Å². The van der Waals surface area contributed by atoms with E-state index in [1.54, 1.807) is 14.1 Å². The molecule has 0 aliphatic heterocycles. The summed E-state index contributed by atoms with van der Waals surface area (Å²) in [7, 11) is 3.30. The summed E-state index contributed by atoms with van der Waals surface area (Å²) < 4.78 is 16.4. The first-order chi connectivity index (χ1) is 11.0. The minimum absolute atomic E-state index is 0.0179. The lowest BCUT2D eigenvalue weighted by Crippen LogP contribution is -2.22. The van der Waals surface area contributed by atoms with Gasteiger partial charge in [-0.2, -0.15) is 5.10 Å². The Morgan fingerprint density at radius 2 is 2.22 bits per heavy atom. The minimum atomic E-state index is -0.517. The maximum Gasteiger partial charge on any atom is 0.345 e. The van der Waals surface area contributed by atoms with Crippen LogP contribution >= 0.6 is 0 Å². The lowest BCUT2D eigenvalue weighted by Gasteiger charge is -2.15. The van der Waals surface area contributed by atoms with Gasteiger partial charge in [-0.3, -0.25) is 4.57 Å². The molecule has 7 nitrogen and oxygen atoms in total. The van der Waals surface area contributed by atoms with Crippen molar-refractivity contribution in [1.29, 1.82) is 0 Å². The van der Waals surface area contributed by atoms with Crippen LogP contribution in [0.2, 0.25) is 0 Å². The number of halogens is 1. The monoisotopic (exact) mass is 321 g/mol. The van der Waals surface area contributed by atoms with Crippen LogP contribution in [0, 0.1) is 11.7 Å². The van der Waals surface area contributed by atoms with Gasteiger partial charge in [0.25, 0.3) is 0 Å². The number of aryl methyl sites for hydroxylation is 1. The van der Waals surface area contributed by atoms with E-state index in [2.05, 4.69) is 15.4 Å². The molecule has 0 unspecified atom stereocenters. The van der Waals surface area contributed by atoms with E-state index in [1.807, 2.05) is 0 Å². The number of pyridine rings is 1. The van der Waals surface area contributed by atoms with Crippen LogP contribution in [-0.2, 0) is 14.1 Å². The fraction of sp³-hybridized carbons (Fsp3) is 0.533. The lowest BCUT2D eigenvalue weighted by molar-refractivity contribution is 0.137. The first kappa shape index (κ1) is 15.7. The van der Waals surface area contributed by atoms with E-state index in [-0.39, 0.29) is 23.3 Å². The molecule has 2 N–H and O–H groups in total. The van der Waals surface area contributed by atoms with Crippen molar-refractivity contribution in [2.24, 2.45) is 20.0 Å². The molecule has 0 bridgehead atoms. The Morgan fingerprint density at radius 1 is 1.43 bits per heavy atom. The van der Waals surface area contributed by atoms with Crippen LogP contribution in [0.15, 0.2) is 23.1 Å². The van der Waals surface area contributed by atoms with Gasteiger partial charge in [-0.15, -0.1) is 0 Å². The normalized spacial score (nSPS) is 24.1. The topological polar surface area (TPSA) is 85.0 Å². The second kappa shape index (κ2) is 6.11. The first-order valence-electron chi connectivity index (χ1n) is 7.59. The molecule has 0 radical (unpaired) electrons. The molecule has 3 atom stereocenters. The van der Waals surface area contributed by atoms with E-state index >= 15 is 0 Å². The Labute approximate surface area is 132 Å². The third kappa shape index (κ3) is 2.98. The summed E-state index contributed by atoms with van der Waals surface area (Å²) in [6, 6.07) is 2.87. The van der Waals surface area contributed by atoms with Crippen LogP contribution in [0.25, 0.3) is 0 Å². The van der Waals surface area contributed by atoms with Crippen molar-refractivity contribution in [2.45, 2.75) is 24.9 Å². The third-order valence-corrected chi connectivity index (χ3v) is 4.47. The van der Waals surface area contributed by atoms with Crippen LogP contribution in [-0.4, -0.2) is 37.1 Å². The minimum Gasteiger partial charge on any atom is -0.393 e. The maximum atomic E-state index is 13.6. The van der Waals surface area contributed by atoms with E-state index in [9.17, 15) is 14.3 Å². The van der Waals surface area contributed by atoms with Crippen LogP contribution in [0.1, 0.15) is 24.6 Å². The summed E-state index contributed by atoms with van der Waals surface area (Å²) in [6.07, 6.45) is 2.23. The van der Waals surface area contributed by atoms with Crippen molar-refractivity contribution in [3.05, 3.63) is 40.5 Å². The van der Waals surface area contributed by atoms with Gasteiger partial charge in [-0.05, 0) is 25.0 Å². The zero-order valence-corrected chi connectivity index (χ0v) is 13.1. The smallest absolute Gasteiger partial charge is 0.345 e. The number of rotatable bonds is 4. The molecule has 1 fully saturated rings. The molecule has 8 heteroatoms. The van der Waals surface area contributed by atoms with Gasteiger partial charge in [0.2, 0.25) is 0 Å². The fourth-order valence-corrected chi connectivity index (χ4v) is 3.21. The summed E-state index contributed by atoms with van der Waals surface area (Å²) in [5.41, 5.74) is -0.174. The van der Waals surface area contributed by atoms with Gasteiger partial charge < -0.3 is 10.4 Å². The highest BCUT2D eigenvalue weighted by atomic mass is 19.1. The highest BCUT2D eigenvalue weighted by Crippen LogP contribution is 2.37. The predicted molar refractivity (Wildman–Crippen MR) is 82.6 cm³/mol. The number of nitrogens with one attached hydrogen (secondary N) is 1. The van der Waals surface area contributed by atoms with E-state index in [4.69, 9.17) is 0 Å². The molecule has 2 aromatic rings. The number of hydrogen-bond donors (Lipinski definition) is 2. The predicted octanol–water partition coefficient (Wildman–Crippen LogP) is 0.620. The molecule has 23 heavy (non-hydrogen) atoms. The van der Waals surface area contributed by atoms with Crippen molar-refractivity contribution in [3.63, 3.8) is 0 Å². The molecule has 3 rings (SSSR count). The van der Waals surface area contributed by atoms with Crippen LogP contribution in [0.3, 0.4) is 0 Å². The lowest BCUT2D eigenvalue weighted by atomic mass is 10.0. The summed E-state index contributed by atoms with van der Waals surface area (Å²) in [4.78, 5) is 15.7. The van der Waals surface area contributed by atoms with E-state index < -0.39 is 11.9 Å². The molecule has 0 amide bonds.